The number of halogens is 1. The van der Waals surface area contributed by atoms with E-state index in [-0.39, 0.29) is 0 Å². The van der Waals surface area contributed by atoms with Crippen molar-refractivity contribution >= 4 is 24.7 Å². The molecule has 7 heteroatoms. The van der Waals surface area contributed by atoms with E-state index in [4.69, 9.17) is 0 Å². The molecule has 0 spiro atoms. The molecule has 4 nitrogen and oxygen atoms in total. The molecule has 0 saturated heterocycles. The average molecular weight is 196 g/mol. The second kappa shape index (κ2) is 3.25. The Kier molecular flexibility index (Phi) is 3.09. The first-order valence-corrected chi connectivity index (χ1v) is 7.63. The van der Waals surface area contributed by atoms with Gasteiger partial charge in [-0.15, -0.1) is 0 Å². The number of nitrogens with zero attached hydrogens (tertiary/aromatic N) is 2. The van der Waals surface area contributed by atoms with Gasteiger partial charge in [-0.3, -0.25) is 4.66 Å². The van der Waals surface area contributed by atoms with Gasteiger partial charge in [-0.25, -0.2) is 0 Å². The lowest BCUT2D eigenvalue weighted by Crippen LogP contribution is -2.15. The van der Waals surface area contributed by atoms with Gasteiger partial charge in [0, 0.05) is 0 Å². The van der Waals surface area contributed by atoms with Crippen LogP contribution in [0.25, 0.3) is 0 Å². The molecule has 0 aliphatic rings. The summed E-state index contributed by atoms with van der Waals surface area (Å²) in [7, 11) is -6.57. The van der Waals surface area contributed by atoms with Crippen molar-refractivity contribution in [2.45, 2.75) is 19.6 Å². The van der Waals surface area contributed by atoms with Crippen molar-refractivity contribution in [1.29, 1.82) is 0 Å². The number of rotatable bonds is 2. The molecule has 0 amide bonds. The Morgan fingerprint density at radius 1 is 1.36 bits per heavy atom. The van der Waals surface area contributed by atoms with Gasteiger partial charge in [0.25, 0.3) is 0 Å². The Morgan fingerprint density at radius 2 is 1.82 bits per heavy atom. The van der Waals surface area contributed by atoms with Gasteiger partial charge in [0.1, 0.15) is 0 Å². The van der Waals surface area contributed by atoms with Crippen molar-refractivity contribution in [2.24, 2.45) is 9.06 Å². The molecule has 0 aromatic heterocycles. The molecule has 0 bridgehead atoms. The summed E-state index contributed by atoms with van der Waals surface area (Å²) in [6.07, 6.45) is 0. The molecule has 0 aromatic rings. The highest BCUT2D eigenvalue weighted by atomic mass is 32.3. The first-order chi connectivity index (χ1) is 4.71. The van der Waals surface area contributed by atoms with Crippen LogP contribution in [0.15, 0.2) is 9.06 Å². The van der Waals surface area contributed by atoms with Gasteiger partial charge in [0.2, 0.25) is 0 Å². The van der Waals surface area contributed by atoms with Crippen LogP contribution in [0.5, 0.6) is 0 Å². The normalized spacial score (nSPS) is 12.0. The molecular weight excluding hydrogens is 187 g/mol. The summed E-state index contributed by atoms with van der Waals surface area (Å²) in [4.78, 5) is 0. The maximum Gasteiger partial charge on any atom is 0.427 e. The standard InChI is InChI=1S/C4H9FN2O2SSi/c1-11(2,3)7-4-6-10(5,8)9/h1-3H3. The Bertz CT molecular complexity index is 286. The molecule has 0 N–H and O–H groups in total. The zero-order valence-corrected chi connectivity index (χ0v) is 8.31. The van der Waals surface area contributed by atoms with Crippen LogP contribution in [0.4, 0.5) is 3.89 Å². The lowest BCUT2D eigenvalue weighted by atomic mass is 11.6. The van der Waals surface area contributed by atoms with Crippen LogP contribution in [0.2, 0.25) is 19.6 Å². The third-order valence-electron chi connectivity index (χ3n) is 0.535. The summed E-state index contributed by atoms with van der Waals surface area (Å²) < 4.78 is 37.3. The minimum absolute atomic E-state index is 1.77. The molecule has 64 valence electrons. The third-order valence-corrected chi connectivity index (χ3v) is 1.61. The van der Waals surface area contributed by atoms with Crippen LogP contribution in [0.3, 0.4) is 0 Å². The van der Waals surface area contributed by atoms with Crippen molar-refractivity contribution in [3.8, 4) is 0 Å². The van der Waals surface area contributed by atoms with Crippen molar-refractivity contribution < 1.29 is 12.3 Å². The predicted octanol–water partition coefficient (Wildman–Crippen LogP) is 1.21. The minimum atomic E-state index is -4.80. The van der Waals surface area contributed by atoms with Crippen LogP contribution in [0.1, 0.15) is 0 Å². The van der Waals surface area contributed by atoms with Crippen LogP contribution in [-0.2, 0) is 10.4 Å². The van der Waals surface area contributed by atoms with Crippen LogP contribution >= 0.6 is 0 Å². The summed E-state index contributed by atoms with van der Waals surface area (Å²) in [5.74, 6) is 0. The van der Waals surface area contributed by atoms with Gasteiger partial charge in [0.15, 0.2) is 8.24 Å². The van der Waals surface area contributed by atoms with Gasteiger partial charge in [-0.05, 0) is 19.6 Å². The van der Waals surface area contributed by atoms with Crippen LogP contribution in [-0.4, -0.2) is 22.7 Å². The Hall–Kier alpha value is -0.523. The second-order valence-corrected chi connectivity index (χ2v) is 8.46. The zero-order valence-electron chi connectivity index (χ0n) is 6.50. The van der Waals surface area contributed by atoms with E-state index in [0.29, 0.717) is 0 Å². The molecule has 0 heterocycles. The quantitative estimate of drug-likeness (QED) is 0.378. The van der Waals surface area contributed by atoms with E-state index in [9.17, 15) is 12.3 Å². The Balaban J connectivity index is 4.51. The van der Waals surface area contributed by atoms with E-state index in [2.05, 4.69) is 9.06 Å². The van der Waals surface area contributed by atoms with E-state index in [1.807, 2.05) is 25.6 Å². The first-order valence-electron chi connectivity index (χ1n) is 2.84. The van der Waals surface area contributed by atoms with Crippen molar-refractivity contribution in [1.82, 2.24) is 0 Å². The van der Waals surface area contributed by atoms with Crippen molar-refractivity contribution in [3.05, 3.63) is 0 Å². The van der Waals surface area contributed by atoms with Crippen molar-refractivity contribution in [3.63, 3.8) is 0 Å². The van der Waals surface area contributed by atoms with Crippen LogP contribution in [0, 0.1) is 0 Å². The predicted molar refractivity (Wildman–Crippen MR) is 43.2 cm³/mol. The molecule has 0 aliphatic heterocycles. The van der Waals surface area contributed by atoms with E-state index in [1.54, 1.807) is 0 Å². The lowest BCUT2D eigenvalue weighted by Gasteiger charge is -2.02. The monoisotopic (exact) mass is 196 g/mol. The molecule has 0 radical (unpaired) electrons. The van der Waals surface area contributed by atoms with Gasteiger partial charge in [-0.2, -0.15) is 8.42 Å². The SMILES string of the molecule is C[Si](C)(C)N=C=NS(=O)(=O)F. The number of hydrogen-bond acceptors (Lipinski definition) is 3. The summed E-state index contributed by atoms with van der Waals surface area (Å²) >= 11 is 0. The topological polar surface area (TPSA) is 58.9 Å². The Labute approximate surface area is 66.3 Å². The molecule has 0 fully saturated rings. The first kappa shape index (κ1) is 10.5. The van der Waals surface area contributed by atoms with Gasteiger partial charge in [-0.1, -0.05) is 8.28 Å². The maximum absolute atomic E-state index is 11.7. The zero-order chi connectivity index (χ0) is 9.12. The molecule has 0 aliphatic carbocycles. The summed E-state index contributed by atoms with van der Waals surface area (Å²) in [5, 5.41) is 0. The Morgan fingerprint density at radius 3 is 2.09 bits per heavy atom. The maximum atomic E-state index is 11.7. The fourth-order valence-corrected chi connectivity index (χ4v) is 0.780. The lowest BCUT2D eigenvalue weighted by molar-refractivity contribution is 0.554. The smallest absolute Gasteiger partial charge is 0.266 e. The van der Waals surface area contributed by atoms with Gasteiger partial charge in [0.05, 0.1) is 6.01 Å². The summed E-state index contributed by atoms with van der Waals surface area (Å²) in [5.41, 5.74) is 0. The molecule has 0 rings (SSSR count). The number of hydrogen-bond donors (Lipinski definition) is 0. The summed E-state index contributed by atoms with van der Waals surface area (Å²) in [6.45, 7) is 5.54. The van der Waals surface area contributed by atoms with E-state index < -0.39 is 18.6 Å². The third kappa shape index (κ3) is 9.48. The molecule has 11 heavy (non-hydrogen) atoms. The van der Waals surface area contributed by atoms with Gasteiger partial charge >= 0.3 is 10.4 Å². The minimum Gasteiger partial charge on any atom is -0.266 e. The van der Waals surface area contributed by atoms with E-state index in [0.717, 1.165) is 0 Å². The molecule has 0 unspecified atom stereocenters. The van der Waals surface area contributed by atoms with Crippen molar-refractivity contribution in [2.75, 3.05) is 0 Å². The van der Waals surface area contributed by atoms with E-state index in [1.165, 1.54) is 0 Å². The average Bonchev–Trinajstić information content (AvgIpc) is 1.55. The van der Waals surface area contributed by atoms with Crippen LogP contribution < -0.4 is 0 Å². The molecule has 0 atom stereocenters. The highest BCUT2D eigenvalue weighted by Gasteiger charge is 2.09. The van der Waals surface area contributed by atoms with E-state index >= 15 is 0 Å². The summed E-state index contributed by atoms with van der Waals surface area (Å²) in [6, 6.07) is 1.81. The van der Waals surface area contributed by atoms with Gasteiger partial charge < -0.3 is 0 Å². The largest absolute Gasteiger partial charge is 0.427 e. The highest BCUT2D eigenvalue weighted by Crippen LogP contribution is 1.99. The second-order valence-electron chi connectivity index (χ2n) is 2.89. The fraction of sp³-hybridized carbons (Fsp3) is 0.750. The highest BCUT2D eigenvalue weighted by molar-refractivity contribution is 7.85. The molecular formula is C4H9FN2O2SSi. The molecule has 0 aromatic carbocycles. The molecule has 0 saturated carbocycles. The fourth-order valence-electron chi connectivity index (χ4n) is 0.219.